The van der Waals surface area contributed by atoms with E-state index in [1.54, 1.807) is 19.2 Å². The van der Waals surface area contributed by atoms with E-state index in [0.29, 0.717) is 44.9 Å². The average Bonchev–Trinajstić information content (AvgIpc) is 3.57. The van der Waals surface area contributed by atoms with Gasteiger partial charge in [-0.2, -0.15) is 0 Å². The Labute approximate surface area is 241 Å². The highest BCUT2D eigenvalue weighted by atomic mass is 32.2. The number of aromatic nitrogens is 2. The Morgan fingerprint density at radius 1 is 0.951 bits per heavy atom. The van der Waals surface area contributed by atoms with Gasteiger partial charge in [0.15, 0.2) is 0 Å². The fourth-order valence-electron chi connectivity index (χ4n) is 4.72. The lowest BCUT2D eigenvalue weighted by Gasteiger charge is -2.20. The Bertz CT molecular complexity index is 2030. The summed E-state index contributed by atoms with van der Waals surface area (Å²) >= 11 is 1.53. The lowest BCUT2D eigenvalue weighted by molar-refractivity contribution is 0.0964. The molecule has 6 rings (SSSR count). The van der Waals surface area contributed by atoms with Crippen LogP contribution in [0.25, 0.3) is 54.5 Å². The molecule has 3 heterocycles. The van der Waals surface area contributed by atoms with Crippen LogP contribution in [0.5, 0.6) is 0 Å². The van der Waals surface area contributed by atoms with Gasteiger partial charge in [-0.05, 0) is 37.3 Å². The maximum absolute atomic E-state index is 13.2. The topological polar surface area (TPSA) is 105 Å². The third-order valence-corrected chi connectivity index (χ3v) is 9.20. The molecule has 41 heavy (non-hydrogen) atoms. The van der Waals surface area contributed by atoms with Crippen molar-refractivity contribution in [2.24, 2.45) is 0 Å². The summed E-state index contributed by atoms with van der Waals surface area (Å²) in [4.78, 5) is 22.8. The Morgan fingerprint density at radius 2 is 1.68 bits per heavy atom. The number of rotatable bonds is 6. The fraction of sp³-hybridized carbons (Fsp3) is 0.129. The number of pyridine rings is 1. The van der Waals surface area contributed by atoms with Gasteiger partial charge in [-0.25, -0.2) is 18.4 Å². The number of hydrogen-bond donors (Lipinski definition) is 1. The van der Waals surface area contributed by atoms with E-state index in [4.69, 9.17) is 14.4 Å². The summed E-state index contributed by atoms with van der Waals surface area (Å²) in [7, 11) is -0.589. The van der Waals surface area contributed by atoms with Crippen molar-refractivity contribution in [3.05, 3.63) is 90.0 Å². The van der Waals surface area contributed by atoms with Crippen LogP contribution in [0.15, 0.2) is 83.3 Å². The van der Waals surface area contributed by atoms with Gasteiger partial charge in [-0.3, -0.25) is 9.10 Å². The predicted octanol–water partition coefficient (Wildman–Crippen LogP) is 6.50. The van der Waals surface area contributed by atoms with E-state index >= 15 is 0 Å². The molecule has 0 unspecified atom stereocenters. The molecule has 0 bridgehead atoms. The van der Waals surface area contributed by atoms with Crippen molar-refractivity contribution in [2.45, 2.75) is 6.92 Å². The second kappa shape index (κ2) is 10.1. The highest BCUT2D eigenvalue weighted by Crippen LogP contribution is 2.41. The second-order valence-corrected chi connectivity index (χ2v) is 12.8. The van der Waals surface area contributed by atoms with Gasteiger partial charge in [-0.15, -0.1) is 11.3 Å². The number of carbonyl (C=O) groups is 1. The van der Waals surface area contributed by atoms with Crippen LogP contribution in [0.2, 0.25) is 0 Å². The summed E-state index contributed by atoms with van der Waals surface area (Å²) < 4.78 is 33.9. The van der Waals surface area contributed by atoms with Gasteiger partial charge in [0.05, 0.1) is 39.1 Å². The molecule has 0 saturated heterocycles. The molecule has 0 aliphatic heterocycles. The highest BCUT2D eigenvalue weighted by molar-refractivity contribution is 7.92. The zero-order valence-electron chi connectivity index (χ0n) is 22.8. The maximum Gasteiger partial charge on any atom is 0.255 e. The van der Waals surface area contributed by atoms with E-state index in [2.05, 4.69) is 5.32 Å². The molecular formula is C31H26N4O4S2. The van der Waals surface area contributed by atoms with Gasteiger partial charge in [0.2, 0.25) is 10.0 Å². The summed E-state index contributed by atoms with van der Waals surface area (Å²) in [6.07, 6.45) is 1.14. The molecule has 0 spiro atoms. The molecule has 0 atom stereocenters. The molecule has 3 aromatic heterocycles. The van der Waals surface area contributed by atoms with E-state index in [-0.39, 0.29) is 5.91 Å². The standard InChI is InChI=1S/C31H26N4O4S2/c1-18-12-14-19(15-13-18)29-28(30(36)32-2)21-16-20(25(17-26(21)39-29)35(3)41(4,37)38)22-9-7-10-24(33-22)31-34-23-8-5-6-11-27(23)40-31/h5-17H,1-4H3,(H,32,36). The van der Waals surface area contributed by atoms with Crippen molar-refractivity contribution >= 4 is 54.1 Å². The van der Waals surface area contributed by atoms with E-state index in [9.17, 15) is 13.2 Å². The van der Waals surface area contributed by atoms with E-state index in [1.807, 2.05) is 73.7 Å². The third-order valence-electron chi connectivity index (χ3n) is 6.95. The van der Waals surface area contributed by atoms with Crippen molar-refractivity contribution in [3.8, 4) is 33.3 Å². The number of carbonyl (C=O) groups excluding carboxylic acids is 1. The fourth-order valence-corrected chi connectivity index (χ4v) is 6.16. The Kier molecular flexibility index (Phi) is 6.59. The lowest BCUT2D eigenvalue weighted by Crippen LogP contribution is -2.25. The highest BCUT2D eigenvalue weighted by Gasteiger charge is 2.26. The van der Waals surface area contributed by atoms with Gasteiger partial charge in [0, 0.05) is 36.7 Å². The van der Waals surface area contributed by atoms with E-state index in [1.165, 1.54) is 22.7 Å². The van der Waals surface area contributed by atoms with E-state index in [0.717, 1.165) is 32.6 Å². The summed E-state index contributed by atoms with van der Waals surface area (Å²) in [5.41, 5.74) is 5.56. The smallest absolute Gasteiger partial charge is 0.255 e. The lowest BCUT2D eigenvalue weighted by atomic mass is 10.0. The number of para-hydroxylation sites is 1. The van der Waals surface area contributed by atoms with E-state index < -0.39 is 10.0 Å². The summed E-state index contributed by atoms with van der Waals surface area (Å²) in [5.74, 6) is 0.0892. The van der Waals surface area contributed by atoms with Crippen LogP contribution in [0, 0.1) is 6.92 Å². The minimum atomic E-state index is -3.64. The van der Waals surface area contributed by atoms with Crippen LogP contribution in [0.1, 0.15) is 15.9 Å². The number of benzene rings is 3. The zero-order valence-corrected chi connectivity index (χ0v) is 24.4. The van der Waals surface area contributed by atoms with Crippen LogP contribution in [0.4, 0.5) is 5.69 Å². The molecule has 6 aromatic rings. The minimum Gasteiger partial charge on any atom is -0.455 e. The SMILES string of the molecule is CNC(=O)c1c(-c2ccc(C)cc2)oc2cc(N(C)S(C)(=O)=O)c(-c3cccc(-c4nc5ccccc5s4)n3)cc12. The molecule has 1 amide bonds. The largest absolute Gasteiger partial charge is 0.455 e. The van der Waals surface area contributed by atoms with Crippen LogP contribution < -0.4 is 9.62 Å². The predicted molar refractivity (Wildman–Crippen MR) is 165 cm³/mol. The number of furan rings is 1. The summed E-state index contributed by atoms with van der Waals surface area (Å²) in [5, 5.41) is 4.02. The number of nitrogens with zero attached hydrogens (tertiary/aromatic N) is 3. The third kappa shape index (κ3) is 4.85. The quantitative estimate of drug-likeness (QED) is 0.240. The van der Waals surface area contributed by atoms with Crippen LogP contribution in [-0.4, -0.2) is 44.6 Å². The van der Waals surface area contributed by atoms with Gasteiger partial charge in [-0.1, -0.05) is 48.0 Å². The molecule has 206 valence electrons. The molecule has 0 radical (unpaired) electrons. The van der Waals surface area contributed by atoms with Crippen molar-refractivity contribution in [3.63, 3.8) is 0 Å². The molecule has 0 fully saturated rings. The minimum absolute atomic E-state index is 0.314. The first-order valence-corrected chi connectivity index (χ1v) is 15.5. The number of nitrogens with one attached hydrogen (secondary N) is 1. The number of hydrogen-bond acceptors (Lipinski definition) is 7. The van der Waals surface area contributed by atoms with Crippen LogP contribution >= 0.6 is 11.3 Å². The van der Waals surface area contributed by atoms with Crippen molar-refractivity contribution < 1.29 is 17.6 Å². The second-order valence-electron chi connectivity index (χ2n) is 9.74. The molecule has 10 heteroatoms. The molecule has 0 aliphatic rings. The summed E-state index contributed by atoms with van der Waals surface area (Å²) in [6.45, 7) is 1.98. The van der Waals surface area contributed by atoms with Gasteiger partial charge in [0.1, 0.15) is 16.4 Å². The first-order chi connectivity index (χ1) is 19.6. The first kappa shape index (κ1) is 26.7. The molecule has 8 nitrogen and oxygen atoms in total. The molecular weight excluding hydrogens is 556 g/mol. The van der Waals surface area contributed by atoms with Crippen LogP contribution in [-0.2, 0) is 10.0 Å². The molecule has 3 aromatic carbocycles. The Hall–Kier alpha value is -4.54. The monoisotopic (exact) mass is 582 g/mol. The average molecular weight is 583 g/mol. The molecule has 1 N–H and O–H groups in total. The normalized spacial score (nSPS) is 11.7. The Balaban J connectivity index is 1.61. The number of thiazole rings is 1. The molecule has 0 saturated carbocycles. The van der Waals surface area contributed by atoms with Crippen molar-refractivity contribution in [2.75, 3.05) is 24.7 Å². The van der Waals surface area contributed by atoms with Gasteiger partial charge < -0.3 is 9.73 Å². The first-order valence-electron chi connectivity index (χ1n) is 12.8. The van der Waals surface area contributed by atoms with Crippen LogP contribution in [0.3, 0.4) is 0 Å². The van der Waals surface area contributed by atoms with Crippen molar-refractivity contribution in [1.29, 1.82) is 0 Å². The van der Waals surface area contributed by atoms with Crippen molar-refractivity contribution in [1.82, 2.24) is 15.3 Å². The van der Waals surface area contributed by atoms with Gasteiger partial charge in [0.25, 0.3) is 5.91 Å². The summed E-state index contributed by atoms with van der Waals surface area (Å²) in [6, 6.07) is 24.6. The molecule has 0 aliphatic carbocycles. The number of anilines is 1. The Morgan fingerprint density at radius 3 is 2.39 bits per heavy atom. The number of amides is 1. The number of fused-ring (bicyclic) bond motifs is 2. The van der Waals surface area contributed by atoms with Gasteiger partial charge >= 0.3 is 0 Å². The number of aryl methyl sites for hydroxylation is 1. The zero-order chi connectivity index (χ0) is 28.9. The maximum atomic E-state index is 13.2. The number of sulfonamides is 1.